The van der Waals surface area contributed by atoms with Crippen molar-refractivity contribution in [2.75, 3.05) is 6.61 Å². The van der Waals surface area contributed by atoms with Crippen LogP contribution in [0.2, 0.25) is 0 Å². The van der Waals surface area contributed by atoms with E-state index in [9.17, 15) is 19.7 Å². The monoisotopic (exact) mass is 415 g/mol. The molecule has 0 unspecified atom stereocenters. The molecule has 148 valence electrons. The fourth-order valence-electron chi connectivity index (χ4n) is 2.80. The molecule has 1 aromatic carbocycles. The normalized spacial score (nSPS) is 11.1. The van der Waals surface area contributed by atoms with Gasteiger partial charge in [0.15, 0.2) is 24.8 Å². The lowest BCUT2D eigenvalue weighted by molar-refractivity contribution is -0.385. The maximum absolute atomic E-state index is 12.3. The number of esters is 1. The van der Waals surface area contributed by atoms with Gasteiger partial charge in [-0.2, -0.15) is 0 Å². The minimum Gasteiger partial charge on any atom is -0.475 e. The summed E-state index contributed by atoms with van der Waals surface area (Å²) in [6.45, 7) is -0.711. The molecular weight excluding hydrogens is 402 g/mol. The Morgan fingerprint density at radius 2 is 2.07 bits per heavy atom. The number of thiophene rings is 1. The summed E-state index contributed by atoms with van der Waals surface area (Å²) >= 11 is 1.30. The number of aromatic nitrogens is 4. The number of benzene rings is 1. The number of ether oxygens (including phenoxy) is 2. The van der Waals surface area contributed by atoms with Crippen LogP contribution in [0.4, 0.5) is 5.69 Å². The zero-order valence-electron chi connectivity index (χ0n) is 15.0. The number of nitro groups is 1. The number of nitro benzene ring substituents is 1. The number of fused-ring (bicyclic) bond motifs is 3. The number of para-hydroxylation sites is 2. The second-order valence-electron chi connectivity index (χ2n) is 5.92. The van der Waals surface area contributed by atoms with Gasteiger partial charge in [0, 0.05) is 13.1 Å². The van der Waals surface area contributed by atoms with Gasteiger partial charge in [0.2, 0.25) is 5.78 Å². The van der Waals surface area contributed by atoms with Gasteiger partial charge in [0.1, 0.15) is 4.70 Å². The first-order valence-electron chi connectivity index (χ1n) is 8.29. The summed E-state index contributed by atoms with van der Waals surface area (Å²) in [6.07, 6.45) is 0. The molecule has 3 aromatic heterocycles. The third kappa shape index (κ3) is 3.29. The molecule has 0 aliphatic carbocycles. The van der Waals surface area contributed by atoms with Crippen LogP contribution in [0.15, 0.2) is 40.5 Å². The van der Waals surface area contributed by atoms with Gasteiger partial charge in [0.05, 0.1) is 10.4 Å². The van der Waals surface area contributed by atoms with Gasteiger partial charge in [0.25, 0.3) is 5.56 Å². The lowest BCUT2D eigenvalue weighted by atomic mass is 10.3. The second-order valence-corrected chi connectivity index (χ2v) is 6.84. The molecule has 0 aliphatic rings. The molecule has 29 heavy (non-hydrogen) atoms. The quantitative estimate of drug-likeness (QED) is 0.264. The van der Waals surface area contributed by atoms with Crippen molar-refractivity contribution in [2.45, 2.75) is 6.61 Å². The van der Waals surface area contributed by atoms with Crippen molar-refractivity contribution in [2.24, 2.45) is 7.05 Å². The lowest BCUT2D eigenvalue weighted by Crippen LogP contribution is -2.20. The lowest BCUT2D eigenvalue weighted by Gasteiger charge is -2.08. The van der Waals surface area contributed by atoms with Crippen LogP contribution in [0.5, 0.6) is 5.75 Å². The Kier molecular flexibility index (Phi) is 4.68. The Labute approximate surface area is 165 Å². The van der Waals surface area contributed by atoms with Gasteiger partial charge in [-0.15, -0.1) is 21.5 Å². The van der Waals surface area contributed by atoms with Crippen molar-refractivity contribution >= 4 is 39.0 Å². The van der Waals surface area contributed by atoms with E-state index in [1.165, 1.54) is 34.1 Å². The molecule has 0 aliphatic heterocycles. The van der Waals surface area contributed by atoms with Gasteiger partial charge in [-0.1, -0.05) is 12.1 Å². The number of rotatable bonds is 6. The molecule has 0 spiro atoms. The predicted molar refractivity (Wildman–Crippen MR) is 102 cm³/mol. The Morgan fingerprint density at radius 1 is 1.28 bits per heavy atom. The molecule has 11 nitrogen and oxygen atoms in total. The highest BCUT2D eigenvalue weighted by molar-refractivity contribution is 7.17. The van der Waals surface area contributed by atoms with Crippen LogP contribution in [-0.2, 0) is 23.2 Å². The third-order valence-corrected chi connectivity index (χ3v) is 5.06. The van der Waals surface area contributed by atoms with E-state index >= 15 is 0 Å². The highest BCUT2D eigenvalue weighted by Crippen LogP contribution is 2.25. The van der Waals surface area contributed by atoms with E-state index in [0.29, 0.717) is 21.8 Å². The van der Waals surface area contributed by atoms with Gasteiger partial charge in [-0.05, 0) is 17.5 Å². The summed E-state index contributed by atoms with van der Waals surface area (Å²) in [6, 6.07) is 7.50. The topological polar surface area (TPSA) is 131 Å². The molecule has 4 rings (SSSR count). The van der Waals surface area contributed by atoms with Crippen molar-refractivity contribution in [1.29, 1.82) is 0 Å². The van der Waals surface area contributed by atoms with Crippen LogP contribution in [-0.4, -0.2) is 36.7 Å². The first-order chi connectivity index (χ1) is 14.0. The van der Waals surface area contributed by atoms with E-state index in [4.69, 9.17) is 9.47 Å². The fraction of sp³-hybridized carbons (Fsp3) is 0.176. The van der Waals surface area contributed by atoms with E-state index in [1.807, 2.05) is 0 Å². The summed E-state index contributed by atoms with van der Waals surface area (Å²) in [5, 5.41) is 20.8. The molecule has 0 amide bonds. The second kappa shape index (κ2) is 7.31. The molecule has 4 aromatic rings. The van der Waals surface area contributed by atoms with Gasteiger partial charge >= 0.3 is 11.7 Å². The van der Waals surface area contributed by atoms with Crippen LogP contribution >= 0.6 is 11.3 Å². The number of nitrogens with zero attached hydrogens (tertiary/aromatic N) is 5. The largest absolute Gasteiger partial charge is 0.475 e. The summed E-state index contributed by atoms with van der Waals surface area (Å²) in [4.78, 5) is 34.7. The SMILES string of the molecule is Cn1c(=O)c2sccc2n2c(COC(=O)COc3ccccc3[N+](=O)[O-])nnc12. The smallest absolute Gasteiger partial charge is 0.344 e. The zero-order chi connectivity index (χ0) is 20.5. The number of hydrogen-bond donors (Lipinski definition) is 0. The molecule has 0 fully saturated rings. The van der Waals surface area contributed by atoms with Crippen molar-refractivity contribution in [3.8, 4) is 5.75 Å². The summed E-state index contributed by atoms with van der Waals surface area (Å²) in [5.41, 5.74) is 0.195. The zero-order valence-corrected chi connectivity index (χ0v) is 15.8. The number of hydrogen-bond acceptors (Lipinski definition) is 9. The molecule has 12 heteroatoms. The highest BCUT2D eigenvalue weighted by Gasteiger charge is 2.18. The standard InChI is InChI=1S/C17H13N5O6S/c1-20-16(24)15-11(6-7-29-15)21-13(18-19-17(20)21)8-28-14(23)9-27-12-5-3-2-4-10(12)22(25)26/h2-7H,8-9H2,1H3. The average molecular weight is 415 g/mol. The molecule has 0 atom stereocenters. The van der Waals surface area contributed by atoms with E-state index in [0.717, 1.165) is 0 Å². The van der Waals surface area contributed by atoms with Gasteiger partial charge in [-0.3, -0.25) is 23.9 Å². The molecule has 0 bridgehead atoms. The van der Waals surface area contributed by atoms with Crippen LogP contribution in [0.25, 0.3) is 16.0 Å². The number of carbonyl (C=O) groups is 1. The molecule has 0 radical (unpaired) electrons. The van der Waals surface area contributed by atoms with Crippen LogP contribution < -0.4 is 10.3 Å². The van der Waals surface area contributed by atoms with Gasteiger partial charge in [-0.25, -0.2) is 4.79 Å². The first-order valence-corrected chi connectivity index (χ1v) is 9.17. The Hall–Kier alpha value is -3.80. The van der Waals surface area contributed by atoms with E-state index in [-0.39, 0.29) is 23.6 Å². The van der Waals surface area contributed by atoms with Crippen LogP contribution in [0.1, 0.15) is 5.82 Å². The van der Waals surface area contributed by atoms with Gasteiger partial charge < -0.3 is 9.47 Å². The molecular formula is C17H13N5O6S. The van der Waals surface area contributed by atoms with Crippen molar-refractivity contribution in [1.82, 2.24) is 19.2 Å². The minimum absolute atomic E-state index is 0.0302. The maximum atomic E-state index is 12.3. The molecule has 0 saturated heterocycles. The summed E-state index contributed by atoms with van der Waals surface area (Å²) < 4.78 is 13.9. The molecule has 3 heterocycles. The maximum Gasteiger partial charge on any atom is 0.344 e. The van der Waals surface area contributed by atoms with Crippen molar-refractivity contribution in [3.05, 3.63) is 62.0 Å². The number of carbonyl (C=O) groups excluding carboxylic acids is 1. The van der Waals surface area contributed by atoms with E-state index < -0.39 is 17.5 Å². The minimum atomic E-state index is -0.730. The Bertz CT molecular complexity index is 1310. The highest BCUT2D eigenvalue weighted by atomic mass is 32.1. The Balaban J connectivity index is 1.50. The van der Waals surface area contributed by atoms with E-state index in [2.05, 4.69) is 10.2 Å². The summed E-state index contributed by atoms with van der Waals surface area (Å²) in [7, 11) is 1.59. The average Bonchev–Trinajstić information content (AvgIpc) is 3.36. The first kappa shape index (κ1) is 18.6. The van der Waals surface area contributed by atoms with Crippen molar-refractivity contribution < 1.29 is 19.2 Å². The van der Waals surface area contributed by atoms with Crippen molar-refractivity contribution in [3.63, 3.8) is 0 Å². The predicted octanol–water partition coefficient (Wildman–Crippen LogP) is 1.67. The Morgan fingerprint density at radius 3 is 2.86 bits per heavy atom. The molecule has 0 saturated carbocycles. The third-order valence-electron chi connectivity index (χ3n) is 4.17. The van der Waals surface area contributed by atoms with Crippen LogP contribution in [0.3, 0.4) is 0 Å². The number of aryl methyl sites for hydroxylation is 1. The van der Waals surface area contributed by atoms with E-state index in [1.54, 1.807) is 29.0 Å². The van der Waals surface area contributed by atoms with Crippen LogP contribution in [0, 0.1) is 10.1 Å². The summed E-state index contributed by atoms with van der Waals surface area (Å²) in [5.74, 6) is -0.107. The molecule has 0 N–H and O–H groups in total. The fourth-order valence-corrected chi connectivity index (χ4v) is 3.65.